The van der Waals surface area contributed by atoms with Gasteiger partial charge in [-0.15, -0.1) is 0 Å². The summed E-state index contributed by atoms with van der Waals surface area (Å²) in [5, 5.41) is 2.73. The van der Waals surface area contributed by atoms with Gasteiger partial charge in [-0.2, -0.15) is 0 Å². The van der Waals surface area contributed by atoms with E-state index in [1.807, 2.05) is 19.1 Å². The number of aromatic nitrogens is 1. The van der Waals surface area contributed by atoms with Gasteiger partial charge in [0, 0.05) is 20.1 Å². The van der Waals surface area contributed by atoms with Crippen LogP contribution in [0, 0.1) is 5.41 Å². The number of amides is 1. The summed E-state index contributed by atoms with van der Waals surface area (Å²) in [6.45, 7) is 3.53. The molecule has 2 rings (SSSR count). The third kappa shape index (κ3) is 2.68. The van der Waals surface area contributed by atoms with Gasteiger partial charge in [0.2, 0.25) is 5.91 Å². The standard InChI is InChI=1S/C13H18N4OS/c1-13(12(18)15-2)5-6-17(8-13)9-3-4-10(11(14)19)16-7-9/h3-4,7H,5-6,8H2,1-2H3,(H2,14,19)(H,15,18). The Labute approximate surface area is 118 Å². The second kappa shape index (κ2) is 5.13. The largest absolute Gasteiger partial charge is 0.388 e. The first kappa shape index (κ1) is 13.7. The van der Waals surface area contributed by atoms with Crippen LogP contribution in [0.2, 0.25) is 0 Å². The van der Waals surface area contributed by atoms with Crippen LogP contribution < -0.4 is 16.0 Å². The summed E-state index contributed by atoms with van der Waals surface area (Å²) in [6, 6.07) is 3.75. The first-order valence-corrected chi connectivity index (χ1v) is 6.60. The van der Waals surface area contributed by atoms with Crippen molar-refractivity contribution in [2.45, 2.75) is 13.3 Å². The fraction of sp³-hybridized carbons (Fsp3) is 0.462. The van der Waals surface area contributed by atoms with Gasteiger partial charge in [-0.1, -0.05) is 12.2 Å². The average Bonchev–Trinajstić information content (AvgIpc) is 2.82. The summed E-state index contributed by atoms with van der Waals surface area (Å²) >= 11 is 4.88. The molecular formula is C13H18N4OS. The highest BCUT2D eigenvalue weighted by atomic mass is 32.1. The zero-order valence-corrected chi connectivity index (χ0v) is 12.0. The molecule has 1 aliphatic heterocycles. The molecule has 0 saturated carbocycles. The quantitative estimate of drug-likeness (QED) is 0.796. The third-order valence-electron chi connectivity index (χ3n) is 3.61. The minimum atomic E-state index is -0.337. The molecule has 1 amide bonds. The lowest BCUT2D eigenvalue weighted by molar-refractivity contribution is -0.128. The minimum Gasteiger partial charge on any atom is -0.388 e. The van der Waals surface area contributed by atoms with Crippen molar-refractivity contribution >= 4 is 28.8 Å². The van der Waals surface area contributed by atoms with Gasteiger partial charge in [0.15, 0.2) is 0 Å². The van der Waals surface area contributed by atoms with Gasteiger partial charge in [0.1, 0.15) is 4.99 Å². The highest BCUT2D eigenvalue weighted by Gasteiger charge is 2.39. The number of anilines is 1. The van der Waals surface area contributed by atoms with Gasteiger partial charge >= 0.3 is 0 Å². The van der Waals surface area contributed by atoms with Crippen molar-refractivity contribution in [2.75, 3.05) is 25.0 Å². The SMILES string of the molecule is CNC(=O)C1(C)CCN(c2ccc(C(N)=S)nc2)C1. The van der Waals surface area contributed by atoms with E-state index in [1.54, 1.807) is 13.2 Å². The van der Waals surface area contributed by atoms with Crippen LogP contribution in [0.3, 0.4) is 0 Å². The molecule has 102 valence electrons. The lowest BCUT2D eigenvalue weighted by Crippen LogP contribution is -2.39. The van der Waals surface area contributed by atoms with E-state index < -0.39 is 0 Å². The fourth-order valence-corrected chi connectivity index (χ4v) is 2.51. The minimum absolute atomic E-state index is 0.0858. The summed E-state index contributed by atoms with van der Waals surface area (Å²) in [6.07, 6.45) is 2.59. The summed E-state index contributed by atoms with van der Waals surface area (Å²) in [5.74, 6) is 0.0858. The molecule has 0 radical (unpaired) electrons. The molecular weight excluding hydrogens is 260 g/mol. The number of hydrogen-bond donors (Lipinski definition) is 2. The first-order valence-electron chi connectivity index (χ1n) is 6.19. The van der Waals surface area contributed by atoms with Gasteiger partial charge in [0.05, 0.1) is 23.0 Å². The van der Waals surface area contributed by atoms with Crippen molar-refractivity contribution in [1.82, 2.24) is 10.3 Å². The number of carbonyl (C=O) groups excluding carboxylic acids is 1. The Morgan fingerprint density at radius 2 is 2.32 bits per heavy atom. The molecule has 1 aromatic rings. The summed E-state index contributed by atoms with van der Waals surface area (Å²) < 4.78 is 0. The molecule has 0 aromatic carbocycles. The number of thiocarbonyl (C=S) groups is 1. The van der Waals surface area contributed by atoms with Gasteiger partial charge in [-0.05, 0) is 25.5 Å². The van der Waals surface area contributed by atoms with E-state index in [2.05, 4.69) is 15.2 Å². The number of rotatable bonds is 3. The summed E-state index contributed by atoms with van der Waals surface area (Å²) in [5.41, 5.74) is 6.79. The van der Waals surface area contributed by atoms with E-state index in [-0.39, 0.29) is 11.3 Å². The van der Waals surface area contributed by atoms with E-state index in [0.29, 0.717) is 17.2 Å². The Morgan fingerprint density at radius 1 is 1.58 bits per heavy atom. The van der Waals surface area contributed by atoms with Crippen LogP contribution in [0.15, 0.2) is 18.3 Å². The maximum absolute atomic E-state index is 11.9. The second-order valence-electron chi connectivity index (χ2n) is 5.08. The van der Waals surface area contributed by atoms with Crippen LogP contribution in [0.4, 0.5) is 5.69 Å². The van der Waals surface area contributed by atoms with Crippen LogP contribution in [-0.4, -0.2) is 36.0 Å². The maximum atomic E-state index is 11.9. The molecule has 2 heterocycles. The van der Waals surface area contributed by atoms with Crippen molar-refractivity contribution in [3.8, 4) is 0 Å². The Hall–Kier alpha value is -1.69. The normalized spacial score (nSPS) is 22.3. The summed E-state index contributed by atoms with van der Waals surface area (Å²) in [4.78, 5) is 18.5. The molecule has 1 aliphatic rings. The molecule has 0 aliphatic carbocycles. The predicted molar refractivity (Wildman–Crippen MR) is 79.1 cm³/mol. The second-order valence-corrected chi connectivity index (χ2v) is 5.52. The number of nitrogens with zero attached hydrogens (tertiary/aromatic N) is 2. The van der Waals surface area contributed by atoms with Crippen LogP contribution in [0.25, 0.3) is 0 Å². The highest BCUT2D eigenvalue weighted by Crippen LogP contribution is 2.33. The summed E-state index contributed by atoms with van der Waals surface area (Å²) in [7, 11) is 1.68. The number of nitrogens with one attached hydrogen (secondary N) is 1. The van der Waals surface area contributed by atoms with Crippen molar-refractivity contribution in [3.05, 3.63) is 24.0 Å². The monoisotopic (exact) mass is 278 g/mol. The van der Waals surface area contributed by atoms with E-state index in [9.17, 15) is 4.79 Å². The molecule has 1 aromatic heterocycles. The number of hydrogen-bond acceptors (Lipinski definition) is 4. The van der Waals surface area contributed by atoms with E-state index >= 15 is 0 Å². The zero-order chi connectivity index (χ0) is 14.0. The van der Waals surface area contributed by atoms with Crippen molar-refractivity contribution in [1.29, 1.82) is 0 Å². The molecule has 1 atom stereocenters. The van der Waals surface area contributed by atoms with Crippen molar-refractivity contribution < 1.29 is 4.79 Å². The predicted octanol–water partition coefficient (Wildman–Crippen LogP) is 0.678. The first-order chi connectivity index (χ1) is 8.96. The number of nitrogens with two attached hydrogens (primary N) is 1. The highest BCUT2D eigenvalue weighted by molar-refractivity contribution is 7.80. The molecule has 0 spiro atoms. The Bertz CT molecular complexity index is 502. The molecule has 1 saturated heterocycles. The van der Waals surface area contributed by atoms with Crippen molar-refractivity contribution in [2.24, 2.45) is 11.1 Å². The fourth-order valence-electron chi connectivity index (χ4n) is 2.39. The number of carbonyl (C=O) groups is 1. The molecule has 1 fully saturated rings. The topological polar surface area (TPSA) is 71.2 Å². The number of pyridine rings is 1. The van der Waals surface area contributed by atoms with Gasteiger partial charge in [0.25, 0.3) is 0 Å². The van der Waals surface area contributed by atoms with Gasteiger partial charge < -0.3 is 16.0 Å². The molecule has 5 nitrogen and oxygen atoms in total. The van der Waals surface area contributed by atoms with E-state index in [4.69, 9.17) is 18.0 Å². The van der Waals surface area contributed by atoms with Crippen LogP contribution >= 0.6 is 12.2 Å². The molecule has 6 heteroatoms. The molecule has 1 unspecified atom stereocenters. The Balaban J connectivity index is 2.12. The van der Waals surface area contributed by atoms with Crippen LogP contribution in [0.1, 0.15) is 19.0 Å². The lowest BCUT2D eigenvalue weighted by Gasteiger charge is -2.23. The molecule has 3 N–H and O–H groups in total. The Kier molecular flexibility index (Phi) is 3.71. The molecule has 19 heavy (non-hydrogen) atoms. The molecule has 0 bridgehead atoms. The van der Waals surface area contributed by atoms with Crippen LogP contribution in [0.5, 0.6) is 0 Å². The third-order valence-corrected chi connectivity index (χ3v) is 3.82. The van der Waals surface area contributed by atoms with E-state index in [1.165, 1.54) is 0 Å². The van der Waals surface area contributed by atoms with Gasteiger partial charge in [-0.3, -0.25) is 9.78 Å². The smallest absolute Gasteiger partial charge is 0.227 e. The average molecular weight is 278 g/mol. The Morgan fingerprint density at radius 3 is 2.84 bits per heavy atom. The van der Waals surface area contributed by atoms with E-state index in [0.717, 1.165) is 18.7 Å². The van der Waals surface area contributed by atoms with Crippen molar-refractivity contribution in [3.63, 3.8) is 0 Å². The van der Waals surface area contributed by atoms with Gasteiger partial charge in [-0.25, -0.2) is 0 Å². The maximum Gasteiger partial charge on any atom is 0.227 e. The zero-order valence-electron chi connectivity index (χ0n) is 11.1. The lowest BCUT2D eigenvalue weighted by atomic mass is 9.89. The van der Waals surface area contributed by atoms with Crippen LogP contribution in [-0.2, 0) is 4.79 Å².